The van der Waals surface area contributed by atoms with Crippen LogP contribution < -0.4 is 5.32 Å². The summed E-state index contributed by atoms with van der Waals surface area (Å²) in [4.78, 5) is 4.57. The van der Waals surface area contributed by atoms with Crippen LogP contribution in [0.25, 0.3) is 0 Å². The Morgan fingerprint density at radius 1 is 1.33 bits per heavy atom. The van der Waals surface area contributed by atoms with Gasteiger partial charge in [0.05, 0.1) is 17.1 Å². The first-order valence-corrected chi connectivity index (χ1v) is 10.8. The van der Waals surface area contributed by atoms with Crippen molar-refractivity contribution in [3.8, 4) is 0 Å². The van der Waals surface area contributed by atoms with Crippen LogP contribution in [0.5, 0.6) is 0 Å². The molecule has 0 radical (unpaired) electrons. The molecule has 1 aliphatic heterocycles. The molecule has 5 nitrogen and oxygen atoms in total. The van der Waals surface area contributed by atoms with Crippen molar-refractivity contribution in [1.29, 1.82) is 0 Å². The van der Waals surface area contributed by atoms with Crippen LogP contribution in [0, 0.1) is 6.92 Å². The van der Waals surface area contributed by atoms with Gasteiger partial charge >= 0.3 is 0 Å². The third kappa shape index (κ3) is 4.35. The van der Waals surface area contributed by atoms with Gasteiger partial charge in [-0.2, -0.15) is 0 Å². The number of nitrogens with one attached hydrogen (secondary N) is 1. The summed E-state index contributed by atoms with van der Waals surface area (Å²) in [6, 6.07) is 4.46. The van der Waals surface area contributed by atoms with Gasteiger partial charge in [-0.15, -0.1) is 0 Å². The molecule has 2 unspecified atom stereocenters. The van der Waals surface area contributed by atoms with Gasteiger partial charge in [-0.25, -0.2) is 8.42 Å². The van der Waals surface area contributed by atoms with Crippen molar-refractivity contribution in [3.05, 3.63) is 29.6 Å². The molecular weight excluding hydrogens is 324 g/mol. The second-order valence-corrected chi connectivity index (χ2v) is 9.83. The van der Waals surface area contributed by atoms with Gasteiger partial charge in [0.25, 0.3) is 0 Å². The number of aryl methyl sites for hydroxylation is 1. The molecule has 134 valence electrons. The Morgan fingerprint density at radius 3 is 2.79 bits per heavy atom. The van der Waals surface area contributed by atoms with Crippen molar-refractivity contribution in [2.75, 3.05) is 18.1 Å². The highest BCUT2D eigenvalue weighted by molar-refractivity contribution is 7.91. The molecule has 0 aromatic carbocycles. The van der Waals surface area contributed by atoms with Crippen molar-refractivity contribution in [1.82, 2.24) is 10.3 Å². The molecule has 1 aliphatic carbocycles. The van der Waals surface area contributed by atoms with Crippen LogP contribution in [0.15, 0.2) is 18.3 Å². The highest BCUT2D eigenvalue weighted by Gasteiger charge is 2.36. The number of aromatic nitrogens is 1. The van der Waals surface area contributed by atoms with E-state index in [1.54, 1.807) is 0 Å². The number of aliphatic hydroxyl groups is 1. The van der Waals surface area contributed by atoms with Crippen LogP contribution in [0.2, 0.25) is 0 Å². The summed E-state index contributed by atoms with van der Waals surface area (Å²) < 4.78 is 23.1. The zero-order chi connectivity index (χ0) is 17.2. The molecule has 1 saturated carbocycles. The summed E-state index contributed by atoms with van der Waals surface area (Å²) in [6.45, 7) is 2.60. The van der Waals surface area contributed by atoms with Crippen molar-refractivity contribution in [3.63, 3.8) is 0 Å². The van der Waals surface area contributed by atoms with E-state index in [-0.39, 0.29) is 11.5 Å². The smallest absolute Gasteiger partial charge is 0.150 e. The topological polar surface area (TPSA) is 79.3 Å². The van der Waals surface area contributed by atoms with Crippen LogP contribution in [0.3, 0.4) is 0 Å². The molecule has 2 aliphatic rings. The van der Waals surface area contributed by atoms with Crippen molar-refractivity contribution >= 4 is 9.84 Å². The maximum Gasteiger partial charge on any atom is 0.150 e. The quantitative estimate of drug-likeness (QED) is 0.866. The molecule has 3 rings (SSSR count). The zero-order valence-electron chi connectivity index (χ0n) is 14.4. The lowest BCUT2D eigenvalue weighted by atomic mass is 9.82. The standard InChI is InChI=1S/C18H28N2O3S/c1-14-4-3-9-19-17(14)15-5-2-6-16(12-15)20-13-18(21)7-10-24(22,23)11-8-18/h3-4,9,15-16,20-21H,2,5-8,10-13H2,1H3. The highest BCUT2D eigenvalue weighted by atomic mass is 32.2. The maximum atomic E-state index is 11.5. The predicted octanol–water partition coefficient (Wildman–Crippen LogP) is 1.95. The largest absolute Gasteiger partial charge is 0.388 e. The Bertz CT molecular complexity index is 661. The minimum absolute atomic E-state index is 0.103. The summed E-state index contributed by atoms with van der Waals surface area (Å²) >= 11 is 0. The minimum Gasteiger partial charge on any atom is -0.388 e. The molecule has 2 fully saturated rings. The number of rotatable bonds is 4. The normalized spacial score (nSPS) is 29.2. The Balaban J connectivity index is 1.55. The summed E-state index contributed by atoms with van der Waals surface area (Å²) in [5.74, 6) is 0.677. The van der Waals surface area contributed by atoms with E-state index in [2.05, 4.69) is 23.3 Å². The van der Waals surface area contributed by atoms with Crippen LogP contribution >= 0.6 is 0 Å². The van der Waals surface area contributed by atoms with Gasteiger partial charge in [0, 0.05) is 30.4 Å². The van der Waals surface area contributed by atoms with Gasteiger partial charge in [-0.05, 0) is 50.7 Å². The van der Waals surface area contributed by atoms with Crippen molar-refractivity contribution in [2.45, 2.75) is 63.0 Å². The molecule has 2 N–H and O–H groups in total. The lowest BCUT2D eigenvalue weighted by molar-refractivity contribution is 0.0264. The Morgan fingerprint density at radius 2 is 2.08 bits per heavy atom. The van der Waals surface area contributed by atoms with Crippen molar-refractivity contribution in [2.24, 2.45) is 0 Å². The molecule has 0 amide bonds. The Labute approximate surface area is 144 Å². The van der Waals surface area contributed by atoms with Gasteiger partial charge < -0.3 is 10.4 Å². The highest BCUT2D eigenvalue weighted by Crippen LogP contribution is 2.33. The van der Waals surface area contributed by atoms with Crippen LogP contribution in [-0.4, -0.2) is 48.2 Å². The lowest BCUT2D eigenvalue weighted by Crippen LogP contribution is -2.49. The van der Waals surface area contributed by atoms with Gasteiger partial charge in [0.1, 0.15) is 0 Å². The number of pyridine rings is 1. The average molecular weight is 353 g/mol. The van der Waals surface area contributed by atoms with E-state index in [4.69, 9.17) is 0 Å². The summed E-state index contributed by atoms with van der Waals surface area (Å²) in [6.07, 6.45) is 7.02. The fourth-order valence-corrected chi connectivity index (χ4v) is 5.56. The fraction of sp³-hybridized carbons (Fsp3) is 0.722. The van der Waals surface area contributed by atoms with E-state index in [9.17, 15) is 13.5 Å². The first-order chi connectivity index (χ1) is 11.4. The van der Waals surface area contributed by atoms with E-state index in [0.29, 0.717) is 31.3 Å². The van der Waals surface area contributed by atoms with E-state index in [1.807, 2.05) is 12.3 Å². The van der Waals surface area contributed by atoms with Gasteiger partial charge in [0.15, 0.2) is 9.84 Å². The van der Waals surface area contributed by atoms with Crippen molar-refractivity contribution < 1.29 is 13.5 Å². The molecule has 1 aromatic rings. The second kappa shape index (κ2) is 7.10. The van der Waals surface area contributed by atoms with E-state index in [1.165, 1.54) is 17.7 Å². The SMILES string of the molecule is Cc1cccnc1C1CCCC(NCC2(O)CCS(=O)(=O)CC2)C1. The van der Waals surface area contributed by atoms with Gasteiger partial charge in [-0.3, -0.25) is 4.98 Å². The molecule has 1 saturated heterocycles. The molecule has 24 heavy (non-hydrogen) atoms. The summed E-state index contributed by atoms with van der Waals surface area (Å²) in [5, 5.41) is 14.1. The number of hydrogen-bond acceptors (Lipinski definition) is 5. The monoisotopic (exact) mass is 352 g/mol. The molecule has 2 heterocycles. The second-order valence-electron chi connectivity index (χ2n) is 7.52. The number of nitrogens with zero attached hydrogens (tertiary/aromatic N) is 1. The van der Waals surface area contributed by atoms with Gasteiger partial charge in [-0.1, -0.05) is 12.5 Å². The maximum absolute atomic E-state index is 11.5. The summed E-state index contributed by atoms with van der Waals surface area (Å²) in [5.41, 5.74) is 1.57. The molecule has 0 bridgehead atoms. The summed E-state index contributed by atoms with van der Waals surface area (Å²) in [7, 11) is -2.94. The fourth-order valence-electron chi connectivity index (χ4n) is 3.98. The third-order valence-electron chi connectivity index (χ3n) is 5.59. The Hall–Kier alpha value is -0.980. The average Bonchev–Trinajstić information content (AvgIpc) is 2.57. The minimum atomic E-state index is -2.94. The van der Waals surface area contributed by atoms with Crippen LogP contribution in [0.4, 0.5) is 0 Å². The molecule has 6 heteroatoms. The molecule has 0 spiro atoms. The van der Waals surface area contributed by atoms with Crippen LogP contribution in [0.1, 0.15) is 55.7 Å². The molecule has 1 aromatic heterocycles. The van der Waals surface area contributed by atoms with Gasteiger partial charge in [0.2, 0.25) is 0 Å². The Kier molecular flexibility index (Phi) is 5.27. The number of hydrogen-bond donors (Lipinski definition) is 2. The van der Waals surface area contributed by atoms with E-state index in [0.717, 1.165) is 19.3 Å². The van der Waals surface area contributed by atoms with E-state index < -0.39 is 15.4 Å². The first kappa shape index (κ1) is 17.8. The number of sulfone groups is 1. The molecule has 2 atom stereocenters. The predicted molar refractivity (Wildman–Crippen MR) is 94.8 cm³/mol. The zero-order valence-corrected chi connectivity index (χ0v) is 15.2. The third-order valence-corrected chi connectivity index (χ3v) is 7.24. The van der Waals surface area contributed by atoms with Crippen LogP contribution in [-0.2, 0) is 9.84 Å². The lowest BCUT2D eigenvalue weighted by Gasteiger charge is -2.36. The first-order valence-electron chi connectivity index (χ1n) is 8.95. The molecular formula is C18H28N2O3S. The van der Waals surface area contributed by atoms with E-state index >= 15 is 0 Å².